The van der Waals surface area contributed by atoms with E-state index in [-0.39, 0.29) is 12.0 Å². The monoisotopic (exact) mass is 420 g/mol. The maximum Gasteiger partial charge on any atom is 0.406 e. The van der Waals surface area contributed by atoms with Gasteiger partial charge >= 0.3 is 6.18 Å². The van der Waals surface area contributed by atoms with Crippen molar-refractivity contribution in [3.8, 4) is 5.75 Å². The Bertz CT molecular complexity index is 1060. The van der Waals surface area contributed by atoms with Crippen LogP contribution in [0.25, 0.3) is 10.9 Å². The Morgan fingerprint density at radius 2 is 1.97 bits per heavy atom. The molecule has 1 aromatic carbocycles. The van der Waals surface area contributed by atoms with Gasteiger partial charge in [0.25, 0.3) is 5.91 Å². The van der Waals surface area contributed by atoms with Crippen LogP contribution < -0.4 is 4.74 Å². The Balaban J connectivity index is 1.42. The number of amides is 1. The SMILES string of the molecule is Cc1cc(C(=O)N2CCC(Oc3cccc4c3ccn4CC(F)(F)F)CC2)n(C)n1. The number of nitrogens with zero attached hydrogens (tertiary/aromatic N) is 4. The van der Waals surface area contributed by atoms with Gasteiger partial charge in [-0.3, -0.25) is 9.48 Å². The molecular weight excluding hydrogens is 397 g/mol. The highest BCUT2D eigenvalue weighted by atomic mass is 19.4. The molecule has 4 rings (SSSR count). The summed E-state index contributed by atoms with van der Waals surface area (Å²) >= 11 is 0. The number of aromatic nitrogens is 3. The van der Waals surface area contributed by atoms with E-state index in [0.29, 0.717) is 48.3 Å². The summed E-state index contributed by atoms with van der Waals surface area (Å²) in [5, 5.41) is 4.88. The standard InChI is InChI=1S/C21H23F3N4O2/c1-14-12-18(26(2)25-14)20(29)27-9-6-15(7-10-27)30-19-5-3-4-17-16(19)8-11-28(17)13-21(22,23)24/h3-5,8,11-12,15H,6-7,9-10,13H2,1-2H3. The van der Waals surface area contributed by atoms with Crippen LogP contribution in [0.5, 0.6) is 5.75 Å². The number of carbonyl (C=O) groups is 1. The number of carbonyl (C=O) groups excluding carboxylic acids is 1. The smallest absolute Gasteiger partial charge is 0.406 e. The molecule has 0 N–H and O–H groups in total. The van der Waals surface area contributed by atoms with Gasteiger partial charge in [-0.05, 0) is 31.2 Å². The average Bonchev–Trinajstić information content (AvgIpc) is 3.24. The van der Waals surface area contributed by atoms with Crippen molar-refractivity contribution in [3.63, 3.8) is 0 Å². The second-order valence-corrected chi connectivity index (χ2v) is 7.65. The zero-order chi connectivity index (χ0) is 21.5. The van der Waals surface area contributed by atoms with Gasteiger partial charge in [-0.2, -0.15) is 18.3 Å². The number of halogens is 3. The lowest BCUT2D eigenvalue weighted by molar-refractivity contribution is -0.139. The van der Waals surface area contributed by atoms with Crippen molar-refractivity contribution < 1.29 is 22.7 Å². The maximum absolute atomic E-state index is 12.8. The number of hydrogen-bond donors (Lipinski definition) is 0. The number of benzene rings is 1. The van der Waals surface area contributed by atoms with Crippen LogP contribution in [0.15, 0.2) is 36.5 Å². The molecule has 160 valence electrons. The van der Waals surface area contributed by atoms with Crippen molar-refractivity contribution in [2.24, 2.45) is 7.05 Å². The summed E-state index contributed by atoms with van der Waals surface area (Å²) in [5.74, 6) is 0.517. The molecule has 3 aromatic rings. The van der Waals surface area contributed by atoms with E-state index in [1.54, 1.807) is 47.0 Å². The summed E-state index contributed by atoms with van der Waals surface area (Å²) in [6.45, 7) is 1.92. The molecule has 1 fully saturated rings. The summed E-state index contributed by atoms with van der Waals surface area (Å²) in [6, 6.07) is 8.56. The van der Waals surface area contributed by atoms with Crippen LogP contribution in [0, 0.1) is 6.92 Å². The van der Waals surface area contributed by atoms with Crippen molar-refractivity contribution in [2.45, 2.75) is 38.6 Å². The highest BCUT2D eigenvalue weighted by Gasteiger charge is 2.29. The fraction of sp³-hybridized carbons (Fsp3) is 0.429. The van der Waals surface area contributed by atoms with Crippen LogP contribution in [0.2, 0.25) is 0 Å². The number of alkyl halides is 3. The van der Waals surface area contributed by atoms with Gasteiger partial charge in [0.05, 0.1) is 11.2 Å². The van der Waals surface area contributed by atoms with Gasteiger partial charge in [-0.25, -0.2) is 0 Å². The topological polar surface area (TPSA) is 52.3 Å². The molecule has 0 atom stereocenters. The molecule has 0 radical (unpaired) electrons. The molecule has 30 heavy (non-hydrogen) atoms. The number of fused-ring (bicyclic) bond motifs is 1. The molecule has 1 aliphatic rings. The highest BCUT2D eigenvalue weighted by molar-refractivity contribution is 5.92. The molecule has 1 saturated heterocycles. The number of ether oxygens (including phenoxy) is 1. The van der Waals surface area contributed by atoms with Crippen molar-refractivity contribution in [3.05, 3.63) is 47.9 Å². The van der Waals surface area contributed by atoms with Gasteiger partial charge in [-0.15, -0.1) is 0 Å². The molecule has 0 unspecified atom stereocenters. The lowest BCUT2D eigenvalue weighted by Gasteiger charge is -2.32. The molecular formula is C21H23F3N4O2. The Morgan fingerprint density at radius 3 is 2.60 bits per heavy atom. The Morgan fingerprint density at radius 1 is 1.23 bits per heavy atom. The Kier molecular flexibility index (Phi) is 5.21. The molecule has 1 amide bonds. The predicted molar refractivity (Wildman–Crippen MR) is 105 cm³/mol. The molecule has 0 aliphatic carbocycles. The van der Waals surface area contributed by atoms with E-state index < -0.39 is 12.7 Å². The summed E-state index contributed by atoms with van der Waals surface area (Å²) in [5.41, 5.74) is 1.84. The zero-order valence-electron chi connectivity index (χ0n) is 16.8. The summed E-state index contributed by atoms with van der Waals surface area (Å²) in [6.07, 6.45) is -1.64. The lowest BCUT2D eigenvalue weighted by Crippen LogP contribution is -2.42. The molecule has 0 saturated carbocycles. The lowest BCUT2D eigenvalue weighted by atomic mass is 10.1. The number of likely N-dealkylation sites (tertiary alicyclic amines) is 1. The van der Waals surface area contributed by atoms with Crippen LogP contribution >= 0.6 is 0 Å². The van der Waals surface area contributed by atoms with Crippen LogP contribution in [-0.2, 0) is 13.6 Å². The third-order valence-corrected chi connectivity index (χ3v) is 5.37. The molecule has 0 spiro atoms. The minimum absolute atomic E-state index is 0.0529. The maximum atomic E-state index is 12.8. The van der Waals surface area contributed by atoms with E-state index in [1.165, 1.54) is 10.8 Å². The van der Waals surface area contributed by atoms with Gasteiger partial charge in [0, 0.05) is 44.6 Å². The Labute approximate surface area is 171 Å². The first-order chi connectivity index (χ1) is 14.2. The third-order valence-electron chi connectivity index (χ3n) is 5.37. The quantitative estimate of drug-likeness (QED) is 0.643. The normalized spacial score (nSPS) is 15.7. The van der Waals surface area contributed by atoms with Crippen molar-refractivity contribution >= 4 is 16.8 Å². The van der Waals surface area contributed by atoms with Crippen LogP contribution in [-0.4, -0.2) is 50.5 Å². The van der Waals surface area contributed by atoms with Gasteiger partial charge in [0.1, 0.15) is 24.1 Å². The molecule has 9 heteroatoms. The molecule has 1 aliphatic heterocycles. The number of aryl methyl sites for hydroxylation is 2. The Hall–Kier alpha value is -2.97. The highest BCUT2D eigenvalue weighted by Crippen LogP contribution is 2.31. The minimum atomic E-state index is -4.28. The summed E-state index contributed by atoms with van der Waals surface area (Å²) in [7, 11) is 1.75. The van der Waals surface area contributed by atoms with Gasteiger partial charge in [-0.1, -0.05) is 6.07 Å². The number of rotatable bonds is 4. The average molecular weight is 420 g/mol. The fourth-order valence-electron chi connectivity index (χ4n) is 3.96. The fourth-order valence-corrected chi connectivity index (χ4v) is 3.96. The van der Waals surface area contributed by atoms with Crippen molar-refractivity contribution in [1.82, 2.24) is 19.2 Å². The third kappa shape index (κ3) is 4.15. The second-order valence-electron chi connectivity index (χ2n) is 7.65. The zero-order valence-corrected chi connectivity index (χ0v) is 16.8. The largest absolute Gasteiger partial charge is 0.490 e. The van der Waals surface area contributed by atoms with Crippen molar-refractivity contribution in [1.29, 1.82) is 0 Å². The number of hydrogen-bond acceptors (Lipinski definition) is 3. The van der Waals surface area contributed by atoms with E-state index in [9.17, 15) is 18.0 Å². The van der Waals surface area contributed by atoms with E-state index in [4.69, 9.17) is 4.74 Å². The first kappa shape index (κ1) is 20.3. The van der Waals surface area contributed by atoms with E-state index in [1.807, 2.05) is 6.92 Å². The van der Waals surface area contributed by atoms with Gasteiger partial charge in [0.2, 0.25) is 0 Å². The predicted octanol–water partition coefficient (Wildman–Crippen LogP) is 3.93. The molecule has 6 nitrogen and oxygen atoms in total. The molecule has 0 bridgehead atoms. The molecule has 3 heterocycles. The van der Waals surface area contributed by atoms with Gasteiger partial charge in [0.15, 0.2) is 0 Å². The summed E-state index contributed by atoms with van der Waals surface area (Å²) in [4.78, 5) is 14.5. The number of piperidine rings is 1. The second kappa shape index (κ2) is 7.70. The van der Waals surface area contributed by atoms with Crippen LogP contribution in [0.4, 0.5) is 13.2 Å². The van der Waals surface area contributed by atoms with Crippen LogP contribution in [0.3, 0.4) is 0 Å². The van der Waals surface area contributed by atoms with Gasteiger partial charge < -0.3 is 14.2 Å². The van der Waals surface area contributed by atoms with E-state index in [2.05, 4.69) is 5.10 Å². The molecule has 2 aromatic heterocycles. The van der Waals surface area contributed by atoms with Crippen LogP contribution in [0.1, 0.15) is 29.0 Å². The van der Waals surface area contributed by atoms with E-state index in [0.717, 1.165) is 5.69 Å². The minimum Gasteiger partial charge on any atom is -0.490 e. The van der Waals surface area contributed by atoms with E-state index >= 15 is 0 Å². The first-order valence-corrected chi connectivity index (χ1v) is 9.82. The summed E-state index contributed by atoms with van der Waals surface area (Å²) < 4.78 is 47.2. The first-order valence-electron chi connectivity index (χ1n) is 9.82. The van der Waals surface area contributed by atoms with Crippen molar-refractivity contribution in [2.75, 3.05) is 13.1 Å².